The second kappa shape index (κ2) is 6.87. The van der Waals surface area contributed by atoms with Crippen molar-refractivity contribution in [2.24, 2.45) is 0 Å². The molecule has 2 aromatic heterocycles. The molecule has 23 heavy (non-hydrogen) atoms. The van der Waals surface area contributed by atoms with Gasteiger partial charge < -0.3 is 0 Å². The van der Waals surface area contributed by atoms with Crippen LogP contribution in [-0.4, -0.2) is 45.7 Å². The molecule has 4 nitrogen and oxygen atoms in total. The molecule has 0 unspecified atom stereocenters. The van der Waals surface area contributed by atoms with E-state index in [1.807, 2.05) is 0 Å². The van der Waals surface area contributed by atoms with Crippen molar-refractivity contribution >= 4 is 51.1 Å². The molecule has 0 bridgehead atoms. The fourth-order valence-corrected chi connectivity index (χ4v) is 3.90. The van der Waals surface area contributed by atoms with Crippen molar-refractivity contribution < 1.29 is 25.8 Å². The Kier molecular flexibility index (Phi) is 5.48. The molecule has 0 spiro atoms. The third-order valence-corrected chi connectivity index (χ3v) is 5.47. The monoisotopic (exact) mass is 475 g/mol. The number of aromatic nitrogens is 1. The van der Waals surface area contributed by atoms with Crippen molar-refractivity contribution in [3.05, 3.63) is 34.4 Å². The number of rotatable bonds is 3. The van der Waals surface area contributed by atoms with Gasteiger partial charge in [0.1, 0.15) is 0 Å². The minimum absolute atomic E-state index is 0.0492. The van der Waals surface area contributed by atoms with Gasteiger partial charge in [0.05, 0.1) is 0 Å². The van der Waals surface area contributed by atoms with Crippen molar-refractivity contribution in [2.45, 2.75) is 5.07 Å². The maximum absolute atomic E-state index is 12.8. The predicted octanol–water partition coefficient (Wildman–Crippen LogP) is 1.88. The van der Waals surface area contributed by atoms with Crippen LogP contribution in [0.15, 0.2) is 28.9 Å². The SMILES string of the molecule is CS(=O)(=O)OCC#Cc1cc2c(Br)cccn2c1[Se]C(F)(F)F. The van der Waals surface area contributed by atoms with Gasteiger partial charge in [-0.05, 0) is 0 Å². The third-order valence-electron chi connectivity index (χ3n) is 2.49. The normalized spacial score (nSPS) is 12.2. The molecular weight excluding hydrogens is 466 g/mol. The van der Waals surface area contributed by atoms with Crippen LogP contribution in [0.5, 0.6) is 0 Å². The molecule has 10 heteroatoms. The van der Waals surface area contributed by atoms with Crippen LogP contribution in [0.2, 0.25) is 0 Å². The van der Waals surface area contributed by atoms with E-state index in [0.717, 1.165) is 6.26 Å². The Labute approximate surface area is 145 Å². The van der Waals surface area contributed by atoms with E-state index in [0.29, 0.717) is 9.99 Å². The van der Waals surface area contributed by atoms with Gasteiger partial charge in [0, 0.05) is 0 Å². The van der Waals surface area contributed by atoms with E-state index in [4.69, 9.17) is 0 Å². The Morgan fingerprint density at radius 2 is 2.13 bits per heavy atom. The van der Waals surface area contributed by atoms with Gasteiger partial charge in [-0.3, -0.25) is 0 Å². The molecule has 0 fully saturated rings. The number of hydrogen-bond donors (Lipinski definition) is 0. The number of hydrogen-bond acceptors (Lipinski definition) is 3. The second-order valence-electron chi connectivity index (χ2n) is 4.29. The molecule has 0 N–H and O–H groups in total. The zero-order valence-electron chi connectivity index (χ0n) is 11.5. The zero-order valence-corrected chi connectivity index (χ0v) is 15.6. The second-order valence-corrected chi connectivity index (χ2v) is 9.00. The Hall–Kier alpha value is -0.981. The summed E-state index contributed by atoms with van der Waals surface area (Å²) in [6, 6.07) is 4.86. The summed E-state index contributed by atoms with van der Waals surface area (Å²) in [6.45, 7) is -0.412. The molecule has 0 aliphatic rings. The van der Waals surface area contributed by atoms with E-state index in [1.54, 1.807) is 12.1 Å². The van der Waals surface area contributed by atoms with Crippen molar-refractivity contribution in [1.29, 1.82) is 0 Å². The van der Waals surface area contributed by atoms with E-state index in [2.05, 4.69) is 32.0 Å². The summed E-state index contributed by atoms with van der Waals surface area (Å²) in [6.07, 6.45) is 2.40. The molecule has 2 rings (SSSR count). The first-order valence-electron chi connectivity index (χ1n) is 5.95. The summed E-state index contributed by atoms with van der Waals surface area (Å²) < 4.78 is 66.7. The molecule has 0 amide bonds. The molecule has 0 aliphatic carbocycles. The number of alkyl halides is 3. The van der Waals surface area contributed by atoms with Gasteiger partial charge >= 0.3 is 145 Å². The average molecular weight is 475 g/mol. The zero-order chi connectivity index (χ0) is 17.3. The van der Waals surface area contributed by atoms with E-state index < -0.39 is 36.8 Å². The topological polar surface area (TPSA) is 47.8 Å². The molecule has 0 aromatic carbocycles. The van der Waals surface area contributed by atoms with Crippen LogP contribution in [0.3, 0.4) is 0 Å². The summed E-state index contributed by atoms with van der Waals surface area (Å²) in [7, 11) is -3.64. The first-order valence-corrected chi connectivity index (χ1v) is 10.3. The third kappa shape index (κ3) is 5.26. The van der Waals surface area contributed by atoms with Gasteiger partial charge in [-0.2, -0.15) is 0 Å². The van der Waals surface area contributed by atoms with Crippen molar-refractivity contribution in [3.8, 4) is 11.8 Å². The number of pyridine rings is 1. The quantitative estimate of drug-likeness (QED) is 0.387. The van der Waals surface area contributed by atoms with Crippen molar-refractivity contribution in [3.63, 3.8) is 0 Å². The molecule has 0 saturated heterocycles. The van der Waals surface area contributed by atoms with E-state index in [9.17, 15) is 21.6 Å². The predicted molar refractivity (Wildman–Crippen MR) is 84.2 cm³/mol. The Bertz CT molecular complexity index is 897. The molecule has 124 valence electrons. The summed E-state index contributed by atoms with van der Waals surface area (Å²) in [5.41, 5.74) is 0.758. The fraction of sp³-hybridized carbons (Fsp3) is 0.231. The molecular formula is C13H9BrF3NO3SSe. The van der Waals surface area contributed by atoms with Gasteiger partial charge in [-0.25, -0.2) is 0 Å². The van der Waals surface area contributed by atoms with Crippen molar-refractivity contribution in [2.75, 3.05) is 12.9 Å². The average Bonchev–Trinajstić information content (AvgIpc) is 2.72. The molecule has 2 aromatic rings. The maximum atomic E-state index is 12.8. The summed E-state index contributed by atoms with van der Waals surface area (Å²) in [5, 5.41) is -4.33. The first kappa shape index (κ1) is 18.4. The fourth-order valence-electron chi connectivity index (χ4n) is 1.71. The van der Waals surface area contributed by atoms with Gasteiger partial charge in [0.15, 0.2) is 0 Å². The first-order chi connectivity index (χ1) is 10.6. The molecule has 0 saturated carbocycles. The van der Waals surface area contributed by atoms with Crippen molar-refractivity contribution in [1.82, 2.24) is 4.40 Å². The standard InChI is InChI=1S/C13H9BrF3NO3SSe/c1-22(19,20)21-7-3-4-9-8-11-10(14)5-2-6-18(11)12(9)23-13(15,16)17/h2,5-6,8H,7H2,1H3. The summed E-state index contributed by atoms with van der Waals surface area (Å²) in [4.78, 5) is 0. The Balaban J connectivity index is 2.44. The van der Waals surface area contributed by atoms with Gasteiger partial charge in [-0.15, -0.1) is 0 Å². The number of nitrogens with zero attached hydrogens (tertiary/aromatic N) is 1. The Morgan fingerprint density at radius 1 is 1.43 bits per heavy atom. The summed E-state index contributed by atoms with van der Waals surface area (Å²) in [5.74, 6) is 4.99. The van der Waals surface area contributed by atoms with Crippen LogP contribution in [-0.2, 0) is 14.3 Å². The van der Waals surface area contributed by atoms with Gasteiger partial charge in [-0.1, -0.05) is 0 Å². The van der Waals surface area contributed by atoms with Crippen LogP contribution in [0, 0.1) is 11.8 Å². The molecule has 0 aliphatic heterocycles. The summed E-state index contributed by atoms with van der Waals surface area (Å²) >= 11 is 1.49. The molecule has 2 heterocycles. The van der Waals surface area contributed by atoms with Crippen LogP contribution in [0.4, 0.5) is 13.2 Å². The minimum atomic E-state index is -4.33. The van der Waals surface area contributed by atoms with Crippen LogP contribution in [0.25, 0.3) is 5.52 Å². The van der Waals surface area contributed by atoms with E-state index >= 15 is 0 Å². The van der Waals surface area contributed by atoms with Gasteiger partial charge in [0.2, 0.25) is 0 Å². The number of fused-ring (bicyclic) bond motifs is 1. The Morgan fingerprint density at radius 3 is 2.74 bits per heavy atom. The van der Waals surface area contributed by atoms with Gasteiger partial charge in [0.25, 0.3) is 0 Å². The van der Waals surface area contributed by atoms with Crippen LogP contribution >= 0.6 is 15.9 Å². The van der Waals surface area contributed by atoms with Crippen LogP contribution in [0.1, 0.15) is 5.56 Å². The number of halogens is 4. The van der Waals surface area contributed by atoms with E-state index in [-0.39, 0.29) is 10.2 Å². The molecule has 0 radical (unpaired) electrons. The van der Waals surface area contributed by atoms with Crippen LogP contribution < -0.4 is 4.59 Å². The molecule has 0 atom stereocenters. The van der Waals surface area contributed by atoms with E-state index in [1.165, 1.54) is 16.7 Å².